The number of hydrogen-bond donors (Lipinski definition) is 0. The fourth-order valence-electron chi connectivity index (χ4n) is 18.9. The molecule has 14 aromatic carbocycles. The molecule has 18 aromatic rings. The number of fused-ring (bicyclic) bond motifs is 22. The predicted octanol–water partition coefficient (Wildman–Crippen LogP) is 17.6. The Hall–Kier alpha value is -12.0. The minimum absolute atomic E-state index is 0.0346. The second-order valence-electron chi connectivity index (χ2n) is 27.5. The van der Waals surface area contributed by atoms with E-state index in [0.29, 0.717) is 0 Å². The van der Waals surface area contributed by atoms with Crippen molar-refractivity contribution >= 4 is 168 Å². The van der Waals surface area contributed by atoms with E-state index in [1.807, 2.05) is 0 Å². The number of anilines is 6. The third kappa shape index (κ3) is 6.24. The van der Waals surface area contributed by atoms with Gasteiger partial charge in [0, 0.05) is 105 Å². The molecule has 0 saturated heterocycles. The Morgan fingerprint density at radius 3 is 1.17 bits per heavy atom. The molecule has 0 saturated carbocycles. The molecule has 0 amide bonds. The van der Waals surface area contributed by atoms with E-state index in [1.165, 1.54) is 171 Å². The molecule has 8 heteroatoms. The third-order valence-corrected chi connectivity index (χ3v) is 22.6. The first-order chi connectivity index (χ1) is 46.9. The molecule has 0 N–H and O–H groups in total. The summed E-state index contributed by atoms with van der Waals surface area (Å²) in [6.07, 6.45) is 0. The lowest BCUT2D eigenvalue weighted by molar-refractivity contribution is 0.632. The number of hydrogen-bond acceptors (Lipinski definition) is 2. The first-order valence-electron chi connectivity index (χ1n) is 33.4. The molecule has 9 heterocycles. The third-order valence-electron chi connectivity index (χ3n) is 22.6. The first-order valence-corrected chi connectivity index (χ1v) is 33.4. The summed E-state index contributed by atoms with van der Waals surface area (Å²) >= 11 is 0. The smallest absolute Gasteiger partial charge is 0.252 e. The van der Waals surface area contributed by atoms with Crippen molar-refractivity contribution in [2.45, 2.75) is 19.3 Å². The maximum Gasteiger partial charge on any atom is 0.252 e. The fraction of sp³-hybridized carbons (Fsp3) is 0.0345. The lowest BCUT2D eigenvalue weighted by Crippen LogP contribution is -2.59. The van der Waals surface area contributed by atoms with Crippen molar-refractivity contribution in [1.29, 1.82) is 0 Å². The molecule has 4 aromatic heterocycles. The van der Waals surface area contributed by atoms with E-state index < -0.39 is 0 Å². The van der Waals surface area contributed by atoms with Gasteiger partial charge < -0.3 is 28.1 Å². The molecule has 0 spiro atoms. The topological polar surface area (TPSA) is 26.2 Å². The zero-order valence-electron chi connectivity index (χ0n) is 52.1. The summed E-state index contributed by atoms with van der Waals surface area (Å²) in [5.74, 6) is 0. The number of para-hydroxylation sites is 10. The van der Waals surface area contributed by atoms with Gasteiger partial charge in [0.1, 0.15) is 0 Å². The molecule has 5 aliphatic heterocycles. The summed E-state index contributed by atoms with van der Waals surface area (Å²) in [7, 11) is 0. The molecule has 0 fully saturated rings. The van der Waals surface area contributed by atoms with Gasteiger partial charge in [-0.2, -0.15) is 0 Å². The Kier molecular flexibility index (Phi) is 9.47. The van der Waals surface area contributed by atoms with Crippen molar-refractivity contribution in [3.63, 3.8) is 0 Å². The van der Waals surface area contributed by atoms with Crippen LogP contribution in [0.25, 0.3) is 121 Å². The first kappa shape index (κ1) is 50.6. The Morgan fingerprint density at radius 1 is 0.274 bits per heavy atom. The van der Waals surface area contributed by atoms with Gasteiger partial charge in [-0.25, -0.2) is 0 Å². The maximum absolute atomic E-state index is 2.63. The maximum atomic E-state index is 2.63. The molecule has 95 heavy (non-hydrogen) atoms. The van der Waals surface area contributed by atoms with Gasteiger partial charge in [-0.3, -0.25) is 0 Å². The zero-order valence-corrected chi connectivity index (χ0v) is 52.1. The van der Waals surface area contributed by atoms with Gasteiger partial charge in [0.2, 0.25) is 0 Å². The summed E-state index contributed by atoms with van der Waals surface area (Å²) in [4.78, 5) is 5.06. The largest absolute Gasteiger partial charge is 0.310 e. The van der Waals surface area contributed by atoms with Crippen LogP contribution in [0.4, 0.5) is 34.1 Å². The van der Waals surface area contributed by atoms with Gasteiger partial charge in [0.15, 0.2) is 0 Å². The molecule has 6 nitrogen and oxygen atoms in total. The van der Waals surface area contributed by atoms with Crippen molar-refractivity contribution in [2.24, 2.45) is 0 Å². The summed E-state index contributed by atoms with van der Waals surface area (Å²) in [5.41, 5.74) is 34.5. The van der Waals surface area contributed by atoms with Crippen LogP contribution in [-0.2, 0) is 5.41 Å². The standard InChI is InChI=1S/C87H54B2N6/c1-87(2)65-33-10-16-42-75(65)91(76-43-17-11-34-66(76)87)56-49-79-82-80(50-56)95-74-41-15-9-29-60(74)64-45-52(46-70(86(64)95)89(82)69-37-21-32-63-59-28-8-14-40-73(59)94(79)85(63)69)51-22-18-25-54(44-51)90(53-23-4-3-5-24-53)55-47-77-81-78(48-55)93-72-39-13-7-27-58(72)62-31-20-36-68(84(62)93)88(81)67-35-19-30-61-57-26-6-12-38-71(57)92(77)83(61)67/h3-50H,1-2H3. The van der Waals surface area contributed by atoms with Crippen LogP contribution in [0.5, 0.6) is 0 Å². The number of benzene rings is 14. The van der Waals surface area contributed by atoms with E-state index in [0.717, 1.165) is 28.3 Å². The van der Waals surface area contributed by atoms with Gasteiger partial charge in [0.25, 0.3) is 13.4 Å². The molecule has 0 bridgehead atoms. The minimum atomic E-state index is -0.197. The Balaban J connectivity index is 0.776. The van der Waals surface area contributed by atoms with Gasteiger partial charge in [0.05, 0.1) is 44.8 Å². The Bertz CT molecular complexity index is 6360. The van der Waals surface area contributed by atoms with Crippen LogP contribution in [0.2, 0.25) is 0 Å². The number of rotatable bonds is 5. The monoisotopic (exact) mass is 1200 g/mol. The van der Waals surface area contributed by atoms with Crippen LogP contribution in [0, 0.1) is 0 Å². The number of aromatic nitrogens is 4. The normalized spacial score (nSPS) is 14.0. The quantitative estimate of drug-likeness (QED) is 0.161. The summed E-state index contributed by atoms with van der Waals surface area (Å²) in [5, 5.41) is 10.2. The molecule has 23 rings (SSSR count). The fourth-order valence-corrected chi connectivity index (χ4v) is 18.9. The highest BCUT2D eigenvalue weighted by Gasteiger charge is 2.45. The SMILES string of the molecule is CC1(C)c2ccccc2N(c2cc3c4c(c2)-n2c5ccccc5c5cc(-c6cccc(N(c7ccccc7)c7cc8c9c(c7)-n7c%10ccccc%10c%10cccc(c%107)B9c7cccc9c%10ccccc%10n-8c79)c6)cc(c52)B4c2cccc4c5ccccc5n-3c24)c2ccccc21. The number of nitrogens with zero attached hydrogens (tertiary/aromatic N) is 6. The van der Waals surface area contributed by atoms with E-state index in [9.17, 15) is 0 Å². The van der Waals surface area contributed by atoms with E-state index in [4.69, 9.17) is 0 Å². The molecular weight excluding hydrogens is 1150 g/mol. The molecule has 0 radical (unpaired) electrons. The molecule has 0 aliphatic carbocycles. The summed E-state index contributed by atoms with van der Waals surface area (Å²) < 4.78 is 10.4. The average Bonchev–Trinajstić information content (AvgIpc) is 1.59. The van der Waals surface area contributed by atoms with Crippen LogP contribution in [0.1, 0.15) is 25.0 Å². The second-order valence-corrected chi connectivity index (χ2v) is 27.5. The molecule has 5 aliphatic rings. The Morgan fingerprint density at radius 2 is 0.663 bits per heavy atom. The highest BCUT2D eigenvalue weighted by molar-refractivity contribution is 7.01. The van der Waals surface area contributed by atoms with Crippen molar-refractivity contribution in [2.75, 3.05) is 9.80 Å². The van der Waals surface area contributed by atoms with Crippen LogP contribution in [-0.4, -0.2) is 31.7 Å². The molecule has 438 valence electrons. The van der Waals surface area contributed by atoms with Crippen LogP contribution in [0.15, 0.2) is 291 Å². The van der Waals surface area contributed by atoms with Crippen molar-refractivity contribution in [3.05, 3.63) is 302 Å². The van der Waals surface area contributed by atoms with E-state index >= 15 is 0 Å². The van der Waals surface area contributed by atoms with Gasteiger partial charge in [-0.05, 0) is 146 Å². The van der Waals surface area contributed by atoms with Crippen molar-refractivity contribution < 1.29 is 0 Å². The van der Waals surface area contributed by atoms with Crippen molar-refractivity contribution in [3.8, 4) is 33.9 Å². The molecular formula is C87H54B2N6. The second kappa shape index (κ2) is 17.8. The van der Waals surface area contributed by atoms with Crippen LogP contribution < -0.4 is 42.6 Å². The van der Waals surface area contributed by atoms with Crippen molar-refractivity contribution in [1.82, 2.24) is 18.3 Å². The van der Waals surface area contributed by atoms with Crippen LogP contribution in [0.3, 0.4) is 0 Å². The van der Waals surface area contributed by atoms with Gasteiger partial charge in [-0.15, -0.1) is 0 Å². The predicted molar refractivity (Wildman–Crippen MR) is 400 cm³/mol. The summed E-state index contributed by atoms with van der Waals surface area (Å²) in [6, 6.07) is 111. The van der Waals surface area contributed by atoms with Gasteiger partial charge >= 0.3 is 0 Å². The van der Waals surface area contributed by atoms with E-state index in [2.05, 4.69) is 333 Å². The Labute approximate surface area is 547 Å². The van der Waals surface area contributed by atoms with Gasteiger partial charge in [-0.1, -0.05) is 214 Å². The molecule has 0 atom stereocenters. The molecule has 0 unspecified atom stereocenters. The minimum Gasteiger partial charge on any atom is -0.310 e. The highest BCUT2D eigenvalue weighted by atomic mass is 15.2. The average molecular weight is 1210 g/mol. The lowest BCUT2D eigenvalue weighted by Gasteiger charge is -2.43. The van der Waals surface area contributed by atoms with Crippen LogP contribution >= 0.6 is 0 Å². The van der Waals surface area contributed by atoms with E-state index in [1.54, 1.807) is 0 Å². The zero-order chi connectivity index (χ0) is 61.8. The van der Waals surface area contributed by atoms with E-state index in [-0.39, 0.29) is 18.8 Å². The highest BCUT2D eigenvalue weighted by Crippen LogP contribution is 2.54. The lowest BCUT2D eigenvalue weighted by atomic mass is 9.34. The summed E-state index contributed by atoms with van der Waals surface area (Å²) in [6.45, 7) is 4.72.